The standard InChI is InChI=1S/C17H30N2O/c1-6-16(7-2)19(5)12-15-11-14(13(4)18)9-10-17(15)20-8-3/h9-11,13,16H,6-8,12,18H2,1-5H3. The summed E-state index contributed by atoms with van der Waals surface area (Å²) in [7, 11) is 2.19. The zero-order chi connectivity index (χ0) is 15.1. The molecule has 0 aromatic heterocycles. The number of rotatable bonds is 8. The fraction of sp³-hybridized carbons (Fsp3) is 0.647. The lowest BCUT2D eigenvalue weighted by Crippen LogP contribution is -2.30. The van der Waals surface area contributed by atoms with Gasteiger partial charge in [0.25, 0.3) is 0 Å². The molecule has 0 aliphatic heterocycles. The van der Waals surface area contributed by atoms with E-state index in [1.165, 1.54) is 24.0 Å². The van der Waals surface area contributed by atoms with E-state index in [1.54, 1.807) is 0 Å². The van der Waals surface area contributed by atoms with E-state index in [0.717, 1.165) is 12.3 Å². The van der Waals surface area contributed by atoms with Crippen LogP contribution in [0.2, 0.25) is 0 Å². The molecule has 3 heteroatoms. The Kier molecular flexibility index (Phi) is 7.03. The molecule has 0 fully saturated rings. The maximum Gasteiger partial charge on any atom is 0.123 e. The molecule has 1 atom stereocenters. The van der Waals surface area contributed by atoms with Gasteiger partial charge in [0, 0.05) is 24.2 Å². The third-order valence-corrected chi connectivity index (χ3v) is 3.90. The molecule has 0 heterocycles. The van der Waals surface area contributed by atoms with E-state index >= 15 is 0 Å². The van der Waals surface area contributed by atoms with Gasteiger partial charge in [-0.2, -0.15) is 0 Å². The Morgan fingerprint density at radius 2 is 1.85 bits per heavy atom. The molecule has 0 bridgehead atoms. The van der Waals surface area contributed by atoms with Gasteiger partial charge in [0.15, 0.2) is 0 Å². The number of nitrogens with two attached hydrogens (primary N) is 1. The van der Waals surface area contributed by atoms with Crippen LogP contribution < -0.4 is 10.5 Å². The van der Waals surface area contributed by atoms with Crippen LogP contribution in [0.3, 0.4) is 0 Å². The second-order valence-corrected chi connectivity index (χ2v) is 5.47. The molecule has 0 spiro atoms. The average molecular weight is 278 g/mol. The molecular formula is C17H30N2O. The molecule has 0 amide bonds. The van der Waals surface area contributed by atoms with Crippen LogP contribution in [0.15, 0.2) is 18.2 Å². The first-order valence-electron chi connectivity index (χ1n) is 7.74. The fourth-order valence-electron chi connectivity index (χ4n) is 2.61. The van der Waals surface area contributed by atoms with Crippen molar-refractivity contribution in [1.29, 1.82) is 0 Å². The van der Waals surface area contributed by atoms with Crippen LogP contribution in [-0.4, -0.2) is 24.6 Å². The van der Waals surface area contributed by atoms with Crippen molar-refractivity contribution in [2.75, 3.05) is 13.7 Å². The van der Waals surface area contributed by atoms with Crippen LogP contribution in [0.25, 0.3) is 0 Å². The monoisotopic (exact) mass is 278 g/mol. The second-order valence-electron chi connectivity index (χ2n) is 5.47. The molecule has 0 aliphatic carbocycles. The minimum Gasteiger partial charge on any atom is -0.494 e. The number of benzene rings is 1. The van der Waals surface area contributed by atoms with Gasteiger partial charge in [0.05, 0.1) is 6.61 Å². The maximum absolute atomic E-state index is 6.00. The summed E-state index contributed by atoms with van der Waals surface area (Å²) in [5.74, 6) is 0.981. The highest BCUT2D eigenvalue weighted by atomic mass is 16.5. The van der Waals surface area contributed by atoms with Crippen molar-refractivity contribution in [3.63, 3.8) is 0 Å². The summed E-state index contributed by atoms with van der Waals surface area (Å²) in [4.78, 5) is 2.41. The molecule has 3 nitrogen and oxygen atoms in total. The Hall–Kier alpha value is -1.06. The number of hydrogen-bond acceptors (Lipinski definition) is 3. The third-order valence-electron chi connectivity index (χ3n) is 3.90. The molecule has 20 heavy (non-hydrogen) atoms. The molecule has 0 aliphatic rings. The highest BCUT2D eigenvalue weighted by Gasteiger charge is 2.14. The van der Waals surface area contributed by atoms with E-state index in [1.807, 2.05) is 13.8 Å². The van der Waals surface area contributed by atoms with Crippen LogP contribution in [0.4, 0.5) is 0 Å². The summed E-state index contributed by atoms with van der Waals surface area (Å²) < 4.78 is 5.75. The summed E-state index contributed by atoms with van der Waals surface area (Å²) >= 11 is 0. The van der Waals surface area contributed by atoms with Gasteiger partial charge in [0.2, 0.25) is 0 Å². The predicted molar refractivity (Wildman–Crippen MR) is 86.1 cm³/mol. The van der Waals surface area contributed by atoms with Crippen LogP contribution in [0, 0.1) is 0 Å². The minimum absolute atomic E-state index is 0.0582. The van der Waals surface area contributed by atoms with Crippen LogP contribution in [0.5, 0.6) is 5.75 Å². The van der Waals surface area contributed by atoms with Crippen molar-refractivity contribution < 1.29 is 4.74 Å². The lowest BCUT2D eigenvalue weighted by atomic mass is 10.0. The predicted octanol–water partition coefficient (Wildman–Crippen LogP) is 3.73. The van der Waals surface area contributed by atoms with E-state index in [2.05, 4.69) is 44.0 Å². The molecular weight excluding hydrogens is 248 g/mol. The average Bonchev–Trinajstić information content (AvgIpc) is 2.42. The van der Waals surface area contributed by atoms with Crippen molar-refractivity contribution in [2.45, 2.75) is 59.2 Å². The molecule has 1 aromatic rings. The summed E-state index contributed by atoms with van der Waals surface area (Å²) in [6.07, 6.45) is 2.34. The zero-order valence-electron chi connectivity index (χ0n) is 13.6. The summed E-state index contributed by atoms with van der Waals surface area (Å²) in [5, 5.41) is 0. The van der Waals surface area contributed by atoms with Crippen molar-refractivity contribution in [3.05, 3.63) is 29.3 Å². The fourth-order valence-corrected chi connectivity index (χ4v) is 2.61. The first-order valence-corrected chi connectivity index (χ1v) is 7.74. The number of ether oxygens (including phenoxy) is 1. The quantitative estimate of drug-likeness (QED) is 0.787. The first-order chi connectivity index (χ1) is 9.53. The normalized spacial score (nSPS) is 13.0. The zero-order valence-corrected chi connectivity index (χ0v) is 13.6. The van der Waals surface area contributed by atoms with Gasteiger partial charge in [-0.25, -0.2) is 0 Å². The van der Waals surface area contributed by atoms with E-state index < -0.39 is 0 Å². The Morgan fingerprint density at radius 1 is 1.20 bits per heavy atom. The molecule has 1 aromatic carbocycles. The third kappa shape index (κ3) is 4.50. The van der Waals surface area contributed by atoms with Gasteiger partial charge in [0.1, 0.15) is 5.75 Å². The van der Waals surface area contributed by atoms with E-state index in [9.17, 15) is 0 Å². The molecule has 0 saturated carbocycles. The smallest absolute Gasteiger partial charge is 0.123 e. The summed E-state index contributed by atoms with van der Waals surface area (Å²) in [5.41, 5.74) is 8.40. The Balaban J connectivity index is 2.97. The van der Waals surface area contributed by atoms with Crippen LogP contribution in [0.1, 0.15) is 57.7 Å². The number of hydrogen-bond donors (Lipinski definition) is 1. The van der Waals surface area contributed by atoms with Gasteiger partial charge < -0.3 is 10.5 Å². The molecule has 1 unspecified atom stereocenters. The molecule has 114 valence electrons. The highest BCUT2D eigenvalue weighted by molar-refractivity contribution is 5.38. The number of nitrogens with zero attached hydrogens (tertiary/aromatic N) is 1. The molecule has 2 N–H and O–H groups in total. The maximum atomic E-state index is 6.00. The Bertz CT molecular complexity index is 400. The van der Waals surface area contributed by atoms with E-state index in [-0.39, 0.29) is 6.04 Å². The van der Waals surface area contributed by atoms with Gasteiger partial charge in [-0.1, -0.05) is 19.9 Å². The lowest BCUT2D eigenvalue weighted by Gasteiger charge is -2.27. The summed E-state index contributed by atoms with van der Waals surface area (Å²) in [6, 6.07) is 6.98. The van der Waals surface area contributed by atoms with Crippen molar-refractivity contribution in [1.82, 2.24) is 4.90 Å². The first kappa shape index (κ1) is 17.0. The molecule has 1 rings (SSSR count). The van der Waals surface area contributed by atoms with Gasteiger partial charge >= 0.3 is 0 Å². The highest BCUT2D eigenvalue weighted by Crippen LogP contribution is 2.25. The van der Waals surface area contributed by atoms with Crippen molar-refractivity contribution in [3.8, 4) is 5.75 Å². The second kappa shape index (κ2) is 8.28. The molecule has 0 saturated heterocycles. The largest absolute Gasteiger partial charge is 0.494 e. The van der Waals surface area contributed by atoms with Gasteiger partial charge in [-0.05, 0) is 51.4 Å². The summed E-state index contributed by atoms with van der Waals surface area (Å²) in [6.45, 7) is 10.1. The lowest BCUT2D eigenvalue weighted by molar-refractivity contribution is 0.217. The topological polar surface area (TPSA) is 38.5 Å². The molecule has 0 radical (unpaired) electrons. The SMILES string of the molecule is CCOc1ccc(C(C)N)cc1CN(C)C(CC)CC. The van der Waals surface area contributed by atoms with Crippen LogP contribution in [-0.2, 0) is 6.54 Å². The van der Waals surface area contributed by atoms with E-state index in [0.29, 0.717) is 12.6 Å². The Morgan fingerprint density at radius 3 is 2.35 bits per heavy atom. The van der Waals surface area contributed by atoms with E-state index in [4.69, 9.17) is 10.5 Å². The van der Waals surface area contributed by atoms with Crippen LogP contribution >= 0.6 is 0 Å². The van der Waals surface area contributed by atoms with Gasteiger partial charge in [-0.15, -0.1) is 0 Å². The van der Waals surface area contributed by atoms with Gasteiger partial charge in [-0.3, -0.25) is 4.90 Å². The van der Waals surface area contributed by atoms with Crippen molar-refractivity contribution in [2.24, 2.45) is 5.73 Å². The Labute approximate surface area is 124 Å². The van der Waals surface area contributed by atoms with Crippen molar-refractivity contribution >= 4 is 0 Å². The minimum atomic E-state index is 0.0582.